The third-order valence-corrected chi connectivity index (χ3v) is 3.57. The minimum absolute atomic E-state index is 0.0287. The maximum absolute atomic E-state index is 12.2. The van der Waals surface area contributed by atoms with Crippen LogP contribution in [-0.4, -0.2) is 32.2 Å². The highest BCUT2D eigenvalue weighted by Gasteiger charge is 2.12. The number of anilines is 1. The van der Waals surface area contributed by atoms with E-state index in [-0.39, 0.29) is 12.0 Å². The number of nitrogens with one attached hydrogen (secondary N) is 1. The summed E-state index contributed by atoms with van der Waals surface area (Å²) in [5, 5.41) is 2.68. The second kappa shape index (κ2) is 9.43. The van der Waals surface area contributed by atoms with E-state index in [1.165, 1.54) is 13.2 Å². The van der Waals surface area contributed by atoms with Gasteiger partial charge in [-0.05, 0) is 49.8 Å². The number of hydrogen-bond donors (Lipinski definition) is 1. The Morgan fingerprint density at radius 2 is 1.78 bits per heavy atom. The summed E-state index contributed by atoms with van der Waals surface area (Å²) in [6.07, 6.45) is 3.06. The molecule has 0 unspecified atom stereocenters. The van der Waals surface area contributed by atoms with Crippen LogP contribution in [0.4, 0.5) is 5.69 Å². The number of ether oxygens (including phenoxy) is 3. The Kier molecular flexibility index (Phi) is 7.00. The Labute approximate surface area is 158 Å². The molecule has 0 aliphatic rings. The molecule has 0 fully saturated rings. The molecular weight excluding hydrogens is 346 g/mol. The fraction of sp³-hybridized carbons (Fsp3) is 0.238. The van der Waals surface area contributed by atoms with E-state index in [1.807, 2.05) is 19.9 Å². The molecule has 2 aromatic rings. The summed E-state index contributed by atoms with van der Waals surface area (Å²) in [7, 11) is 2.85. The Bertz CT molecular complexity index is 842. The summed E-state index contributed by atoms with van der Waals surface area (Å²) in [6.45, 7) is 3.87. The number of carbonyl (C=O) groups is 2. The van der Waals surface area contributed by atoms with Crippen LogP contribution in [0.25, 0.3) is 6.08 Å². The Hall–Kier alpha value is -3.28. The van der Waals surface area contributed by atoms with Crippen molar-refractivity contribution in [3.05, 3.63) is 59.7 Å². The summed E-state index contributed by atoms with van der Waals surface area (Å²) in [5.74, 6) is 0.344. The second-order valence-electron chi connectivity index (χ2n) is 5.94. The molecule has 1 N–H and O–H groups in total. The van der Waals surface area contributed by atoms with E-state index in [0.717, 1.165) is 5.56 Å². The van der Waals surface area contributed by atoms with Gasteiger partial charge >= 0.3 is 5.97 Å². The average molecular weight is 369 g/mol. The van der Waals surface area contributed by atoms with E-state index in [0.29, 0.717) is 22.7 Å². The van der Waals surface area contributed by atoms with Crippen LogP contribution in [0.5, 0.6) is 11.5 Å². The zero-order chi connectivity index (χ0) is 19.8. The topological polar surface area (TPSA) is 73.9 Å². The lowest BCUT2D eigenvalue weighted by Gasteiger charge is -2.13. The van der Waals surface area contributed by atoms with Crippen molar-refractivity contribution >= 4 is 23.6 Å². The summed E-state index contributed by atoms with van der Waals surface area (Å²) >= 11 is 0. The van der Waals surface area contributed by atoms with Crippen LogP contribution >= 0.6 is 0 Å². The minimum Gasteiger partial charge on any atom is -0.493 e. The van der Waals surface area contributed by atoms with Crippen LogP contribution in [0, 0.1) is 0 Å². The summed E-state index contributed by atoms with van der Waals surface area (Å²) in [4.78, 5) is 24.0. The molecule has 2 rings (SSSR count). The molecule has 6 nitrogen and oxygen atoms in total. The van der Waals surface area contributed by atoms with Gasteiger partial charge in [-0.3, -0.25) is 4.79 Å². The third kappa shape index (κ3) is 5.60. The molecule has 0 aromatic heterocycles. The molecular formula is C21H23NO5. The number of benzene rings is 2. The molecule has 0 saturated carbocycles. The molecule has 0 bridgehead atoms. The van der Waals surface area contributed by atoms with Crippen molar-refractivity contribution in [2.45, 2.75) is 20.0 Å². The van der Waals surface area contributed by atoms with Crippen LogP contribution < -0.4 is 14.8 Å². The molecule has 0 atom stereocenters. The van der Waals surface area contributed by atoms with E-state index in [1.54, 1.807) is 49.6 Å². The normalized spacial score (nSPS) is 10.7. The zero-order valence-electron chi connectivity index (χ0n) is 15.8. The van der Waals surface area contributed by atoms with Gasteiger partial charge in [-0.25, -0.2) is 4.79 Å². The van der Waals surface area contributed by atoms with E-state index >= 15 is 0 Å². The molecule has 0 saturated heterocycles. The van der Waals surface area contributed by atoms with Gasteiger partial charge in [-0.2, -0.15) is 0 Å². The Morgan fingerprint density at radius 1 is 1.04 bits per heavy atom. The fourth-order valence-corrected chi connectivity index (χ4v) is 2.37. The second-order valence-corrected chi connectivity index (χ2v) is 5.94. The summed E-state index contributed by atoms with van der Waals surface area (Å²) in [5.41, 5.74) is 1.45. The predicted molar refractivity (Wildman–Crippen MR) is 104 cm³/mol. The molecule has 0 spiro atoms. The van der Waals surface area contributed by atoms with Gasteiger partial charge in [0.15, 0.2) is 11.5 Å². The van der Waals surface area contributed by atoms with Gasteiger partial charge in [0.2, 0.25) is 5.91 Å². The van der Waals surface area contributed by atoms with Gasteiger partial charge in [0.1, 0.15) is 0 Å². The van der Waals surface area contributed by atoms with Gasteiger partial charge in [-0.15, -0.1) is 0 Å². The number of amides is 1. The van der Waals surface area contributed by atoms with E-state index in [2.05, 4.69) is 5.32 Å². The number of para-hydroxylation sites is 1. The average Bonchev–Trinajstić information content (AvgIpc) is 2.66. The summed E-state index contributed by atoms with van der Waals surface area (Å²) < 4.78 is 15.7. The van der Waals surface area contributed by atoms with Crippen LogP contribution in [0.3, 0.4) is 0 Å². The molecule has 2 aromatic carbocycles. The van der Waals surface area contributed by atoms with E-state index < -0.39 is 5.97 Å². The van der Waals surface area contributed by atoms with E-state index in [9.17, 15) is 9.59 Å². The third-order valence-electron chi connectivity index (χ3n) is 3.57. The largest absolute Gasteiger partial charge is 0.493 e. The van der Waals surface area contributed by atoms with E-state index in [4.69, 9.17) is 14.2 Å². The van der Waals surface area contributed by atoms with Crippen LogP contribution in [-0.2, 0) is 9.53 Å². The molecule has 6 heteroatoms. The number of carbonyl (C=O) groups excluding carboxylic acids is 2. The van der Waals surface area contributed by atoms with Gasteiger partial charge in [-0.1, -0.05) is 18.2 Å². The first-order valence-corrected chi connectivity index (χ1v) is 8.45. The minimum atomic E-state index is -0.514. The highest BCUT2D eigenvalue weighted by atomic mass is 16.5. The lowest BCUT2D eigenvalue weighted by atomic mass is 10.1. The zero-order valence-corrected chi connectivity index (χ0v) is 15.8. The van der Waals surface area contributed by atoms with Crippen molar-refractivity contribution in [3.63, 3.8) is 0 Å². The maximum Gasteiger partial charge on any atom is 0.339 e. The summed E-state index contributed by atoms with van der Waals surface area (Å²) in [6, 6.07) is 12.1. The number of hydrogen-bond acceptors (Lipinski definition) is 5. The first-order chi connectivity index (χ1) is 12.9. The lowest BCUT2D eigenvalue weighted by molar-refractivity contribution is -0.111. The van der Waals surface area contributed by atoms with Crippen molar-refractivity contribution in [3.8, 4) is 11.5 Å². The monoisotopic (exact) mass is 369 g/mol. The highest BCUT2D eigenvalue weighted by molar-refractivity contribution is 6.06. The Balaban J connectivity index is 2.12. The smallest absolute Gasteiger partial charge is 0.339 e. The van der Waals surface area contributed by atoms with Crippen LogP contribution in [0.15, 0.2) is 48.5 Å². The molecule has 27 heavy (non-hydrogen) atoms. The number of esters is 1. The van der Waals surface area contributed by atoms with Crippen LogP contribution in [0.1, 0.15) is 29.8 Å². The fourth-order valence-electron chi connectivity index (χ4n) is 2.37. The Morgan fingerprint density at radius 3 is 2.44 bits per heavy atom. The molecule has 1 amide bonds. The van der Waals surface area contributed by atoms with Crippen molar-refractivity contribution in [2.24, 2.45) is 0 Å². The van der Waals surface area contributed by atoms with Crippen molar-refractivity contribution < 1.29 is 23.8 Å². The molecule has 0 aliphatic heterocycles. The van der Waals surface area contributed by atoms with Gasteiger partial charge < -0.3 is 19.5 Å². The number of methoxy groups -OCH3 is 2. The van der Waals surface area contributed by atoms with Gasteiger partial charge in [0, 0.05) is 6.08 Å². The highest BCUT2D eigenvalue weighted by Crippen LogP contribution is 2.29. The maximum atomic E-state index is 12.2. The standard InChI is InChI=1S/C21H23NO5/c1-14(2)27-18-11-9-15(13-19(18)25-3)10-12-20(23)22-17-8-6-5-7-16(17)21(24)26-4/h5-14H,1-4H3,(H,22,23). The molecule has 0 aliphatic carbocycles. The van der Waals surface area contributed by atoms with Gasteiger partial charge in [0.25, 0.3) is 0 Å². The molecule has 0 radical (unpaired) electrons. The SMILES string of the molecule is COC(=O)c1ccccc1NC(=O)C=Cc1ccc(OC(C)C)c(OC)c1. The quantitative estimate of drug-likeness (QED) is 0.591. The molecule has 0 heterocycles. The van der Waals surface area contributed by atoms with Crippen molar-refractivity contribution in [2.75, 3.05) is 19.5 Å². The first-order valence-electron chi connectivity index (χ1n) is 8.45. The van der Waals surface area contributed by atoms with Crippen molar-refractivity contribution in [1.29, 1.82) is 0 Å². The lowest BCUT2D eigenvalue weighted by Crippen LogP contribution is -2.12. The van der Waals surface area contributed by atoms with Crippen molar-refractivity contribution in [1.82, 2.24) is 0 Å². The number of rotatable bonds is 7. The first kappa shape index (κ1) is 20.0. The predicted octanol–water partition coefficient (Wildman–Crippen LogP) is 3.92. The van der Waals surface area contributed by atoms with Crippen LogP contribution in [0.2, 0.25) is 0 Å². The van der Waals surface area contributed by atoms with Gasteiger partial charge in [0.05, 0.1) is 31.6 Å². The molecule has 142 valence electrons.